The van der Waals surface area contributed by atoms with Crippen LogP contribution in [0.1, 0.15) is 33.6 Å². The maximum Gasteiger partial charge on any atom is 0.407 e. The van der Waals surface area contributed by atoms with E-state index in [9.17, 15) is 9.90 Å². The van der Waals surface area contributed by atoms with Crippen LogP contribution in [-0.2, 0) is 0 Å². The molecule has 3 aromatic heterocycles. The molecule has 9 nitrogen and oxygen atoms in total. The van der Waals surface area contributed by atoms with Crippen LogP contribution >= 0.6 is 0 Å². The lowest BCUT2D eigenvalue weighted by Crippen LogP contribution is -2.61. The summed E-state index contributed by atoms with van der Waals surface area (Å²) < 4.78 is 1.74. The van der Waals surface area contributed by atoms with E-state index in [0.717, 1.165) is 29.7 Å². The van der Waals surface area contributed by atoms with Crippen molar-refractivity contribution in [2.75, 3.05) is 18.5 Å². The van der Waals surface area contributed by atoms with Gasteiger partial charge in [0.2, 0.25) is 0 Å². The van der Waals surface area contributed by atoms with Gasteiger partial charge in [-0.2, -0.15) is 5.10 Å². The summed E-state index contributed by atoms with van der Waals surface area (Å²) in [6.07, 6.45) is 9.54. The van der Waals surface area contributed by atoms with Crippen LogP contribution in [0.2, 0.25) is 0 Å². The van der Waals surface area contributed by atoms with Crippen molar-refractivity contribution in [1.29, 1.82) is 0 Å². The van der Waals surface area contributed by atoms with Gasteiger partial charge in [-0.25, -0.2) is 19.3 Å². The van der Waals surface area contributed by atoms with E-state index in [1.807, 2.05) is 13.1 Å². The Balaban J connectivity index is 1.70. The van der Waals surface area contributed by atoms with Crippen LogP contribution in [0.15, 0.2) is 37.1 Å². The second-order valence-corrected chi connectivity index (χ2v) is 8.81. The highest BCUT2D eigenvalue weighted by Gasteiger charge is 2.43. The van der Waals surface area contributed by atoms with Crippen molar-refractivity contribution in [2.24, 2.45) is 5.41 Å². The van der Waals surface area contributed by atoms with Gasteiger partial charge in [-0.15, -0.1) is 0 Å². The molecule has 2 atom stereocenters. The number of hydrogen-bond donors (Lipinski definition) is 1. The van der Waals surface area contributed by atoms with E-state index in [-0.39, 0.29) is 17.5 Å². The van der Waals surface area contributed by atoms with E-state index in [1.165, 1.54) is 0 Å². The minimum atomic E-state index is -0.866. The molecule has 158 valence electrons. The number of fused-ring (bicyclic) bond motifs is 1. The minimum Gasteiger partial charge on any atom is -0.465 e. The number of anilines is 1. The van der Waals surface area contributed by atoms with Crippen LogP contribution in [0.5, 0.6) is 0 Å². The summed E-state index contributed by atoms with van der Waals surface area (Å²) in [6, 6.07) is 1.74. The molecule has 1 aliphatic rings. The lowest BCUT2D eigenvalue weighted by atomic mass is 9.77. The van der Waals surface area contributed by atoms with Crippen LogP contribution in [0.3, 0.4) is 0 Å². The number of aromatic nitrogens is 5. The van der Waals surface area contributed by atoms with Crippen molar-refractivity contribution in [3.05, 3.63) is 37.1 Å². The van der Waals surface area contributed by atoms with Gasteiger partial charge < -0.3 is 14.9 Å². The topological polar surface area (TPSA) is 99.8 Å². The second kappa shape index (κ2) is 7.55. The molecule has 1 fully saturated rings. The summed E-state index contributed by atoms with van der Waals surface area (Å²) in [5.74, 6) is 1.33. The quantitative estimate of drug-likeness (QED) is 0.709. The maximum absolute atomic E-state index is 11.9. The van der Waals surface area contributed by atoms with Crippen LogP contribution in [0, 0.1) is 5.41 Å². The Morgan fingerprint density at radius 2 is 2.07 bits per heavy atom. The molecule has 1 saturated heterocycles. The Morgan fingerprint density at radius 1 is 1.27 bits per heavy atom. The van der Waals surface area contributed by atoms with Gasteiger partial charge in [0.1, 0.15) is 5.82 Å². The van der Waals surface area contributed by atoms with Crippen molar-refractivity contribution < 1.29 is 9.90 Å². The van der Waals surface area contributed by atoms with Crippen LogP contribution in [0.4, 0.5) is 10.6 Å². The van der Waals surface area contributed by atoms with Gasteiger partial charge >= 0.3 is 6.09 Å². The standard InChI is InChI=1S/C21H27N7O2/c1-21(2,3)18-15(6-5-10-27(18)20(29)30)26(4)17-7-8-23-19(25-17)14-12-24-28-11-9-22-13-16(14)28/h7-9,11-13,15,18H,5-6,10H2,1-4H3,(H,29,30)/t15-,18?/m1/s1. The van der Waals surface area contributed by atoms with Crippen molar-refractivity contribution in [3.8, 4) is 11.4 Å². The molecule has 1 amide bonds. The smallest absolute Gasteiger partial charge is 0.407 e. The average Bonchev–Trinajstić information content (AvgIpc) is 3.16. The third-order valence-electron chi connectivity index (χ3n) is 5.80. The number of likely N-dealkylation sites (N-methyl/N-ethyl adjacent to an activating group) is 1. The highest BCUT2D eigenvalue weighted by Crippen LogP contribution is 2.36. The first kappa shape index (κ1) is 20.1. The predicted octanol–water partition coefficient (Wildman–Crippen LogP) is 3.18. The molecular formula is C21H27N7O2. The lowest BCUT2D eigenvalue weighted by molar-refractivity contribution is 0.0461. The van der Waals surface area contributed by atoms with Crippen LogP contribution in [-0.4, -0.2) is 66.3 Å². The fraction of sp³-hybridized carbons (Fsp3) is 0.476. The number of likely N-dealkylation sites (tertiary alicyclic amines) is 1. The Kier molecular flexibility index (Phi) is 5.05. The van der Waals surface area contributed by atoms with Gasteiger partial charge in [0.05, 0.1) is 35.6 Å². The van der Waals surface area contributed by atoms with Gasteiger partial charge in [-0.1, -0.05) is 20.8 Å². The van der Waals surface area contributed by atoms with E-state index < -0.39 is 6.09 Å². The Labute approximate surface area is 175 Å². The molecule has 0 radical (unpaired) electrons. The van der Waals surface area contributed by atoms with Gasteiger partial charge in [0.25, 0.3) is 0 Å². The van der Waals surface area contributed by atoms with Gasteiger partial charge in [-0.05, 0) is 24.3 Å². The Bertz CT molecular complexity index is 1060. The van der Waals surface area contributed by atoms with Gasteiger partial charge in [-0.3, -0.25) is 4.98 Å². The van der Waals surface area contributed by atoms with Crippen LogP contribution in [0.25, 0.3) is 16.9 Å². The van der Waals surface area contributed by atoms with Crippen molar-refractivity contribution in [1.82, 2.24) is 29.5 Å². The van der Waals surface area contributed by atoms with E-state index in [2.05, 4.69) is 40.7 Å². The van der Waals surface area contributed by atoms with Crippen LogP contribution < -0.4 is 4.90 Å². The van der Waals surface area contributed by atoms with Crippen molar-refractivity contribution in [2.45, 2.75) is 45.7 Å². The predicted molar refractivity (Wildman–Crippen MR) is 113 cm³/mol. The number of carboxylic acid groups (broad SMARTS) is 1. The second-order valence-electron chi connectivity index (χ2n) is 8.81. The third kappa shape index (κ3) is 3.55. The maximum atomic E-state index is 11.9. The van der Waals surface area contributed by atoms with Crippen molar-refractivity contribution >= 4 is 17.4 Å². The monoisotopic (exact) mass is 409 g/mol. The molecule has 0 bridgehead atoms. The molecule has 0 spiro atoms. The van der Waals surface area contributed by atoms with Gasteiger partial charge in [0.15, 0.2) is 5.82 Å². The molecule has 1 aliphatic heterocycles. The zero-order chi connectivity index (χ0) is 21.5. The Morgan fingerprint density at radius 3 is 2.80 bits per heavy atom. The average molecular weight is 409 g/mol. The molecule has 0 aromatic carbocycles. The van der Waals surface area contributed by atoms with E-state index >= 15 is 0 Å². The normalized spacial score (nSPS) is 19.8. The highest BCUT2D eigenvalue weighted by molar-refractivity contribution is 5.75. The first-order valence-corrected chi connectivity index (χ1v) is 10.1. The summed E-state index contributed by atoms with van der Waals surface area (Å²) in [5, 5.41) is 14.1. The largest absolute Gasteiger partial charge is 0.465 e. The molecule has 0 saturated carbocycles. The molecule has 1 unspecified atom stereocenters. The van der Waals surface area contributed by atoms with E-state index in [0.29, 0.717) is 12.4 Å². The molecule has 1 N–H and O–H groups in total. The fourth-order valence-corrected chi connectivity index (χ4v) is 4.49. The molecule has 3 aromatic rings. The third-order valence-corrected chi connectivity index (χ3v) is 5.80. The van der Waals surface area contributed by atoms with Gasteiger partial charge in [0, 0.05) is 32.2 Å². The zero-order valence-electron chi connectivity index (χ0n) is 17.7. The summed E-state index contributed by atoms with van der Waals surface area (Å²) in [7, 11) is 1.98. The molecule has 4 heterocycles. The molecule has 4 rings (SSSR count). The highest BCUT2D eigenvalue weighted by atomic mass is 16.4. The summed E-state index contributed by atoms with van der Waals surface area (Å²) in [5.41, 5.74) is 1.43. The molecule has 30 heavy (non-hydrogen) atoms. The fourth-order valence-electron chi connectivity index (χ4n) is 4.49. The lowest BCUT2D eigenvalue weighted by Gasteiger charge is -2.49. The number of nitrogens with zero attached hydrogens (tertiary/aromatic N) is 7. The summed E-state index contributed by atoms with van der Waals surface area (Å²) in [6.45, 7) is 6.84. The van der Waals surface area contributed by atoms with E-state index in [1.54, 1.807) is 40.4 Å². The molecule has 9 heteroatoms. The number of hydrogen-bond acceptors (Lipinski definition) is 6. The zero-order valence-corrected chi connectivity index (χ0v) is 17.7. The number of piperidine rings is 1. The summed E-state index contributed by atoms with van der Waals surface area (Å²) >= 11 is 0. The number of rotatable bonds is 3. The summed E-state index contributed by atoms with van der Waals surface area (Å²) in [4.78, 5) is 29.0. The SMILES string of the molecule is CN(c1ccnc(-c2cnn3ccncc23)n1)[C@@H]1CCCN(C(=O)O)C1C(C)(C)C. The number of amides is 1. The van der Waals surface area contributed by atoms with E-state index in [4.69, 9.17) is 4.98 Å². The minimum absolute atomic E-state index is 0.0168. The number of carbonyl (C=O) groups is 1. The Hall–Kier alpha value is -3.23. The first-order chi connectivity index (χ1) is 14.3. The van der Waals surface area contributed by atoms with Crippen molar-refractivity contribution in [3.63, 3.8) is 0 Å². The molecule has 0 aliphatic carbocycles. The molecular weight excluding hydrogens is 382 g/mol. The first-order valence-electron chi connectivity index (χ1n) is 10.1.